The molecule has 0 saturated carbocycles. The van der Waals surface area contributed by atoms with Gasteiger partial charge in [0, 0.05) is 37.1 Å². The maximum atomic E-state index is 5.27. The molecule has 5 heteroatoms. The summed E-state index contributed by atoms with van der Waals surface area (Å²) in [6.07, 6.45) is 0. The van der Waals surface area contributed by atoms with E-state index in [1.165, 1.54) is 32.4 Å². The first kappa shape index (κ1) is 28.0. The summed E-state index contributed by atoms with van der Waals surface area (Å²) in [7, 11) is 0. The second kappa shape index (κ2) is 11.0. The maximum Gasteiger partial charge on any atom is 0.235 e. The minimum absolute atomic E-state index is 0.639. The minimum atomic E-state index is 0.639. The Hall–Kier alpha value is -6.04. The van der Waals surface area contributed by atoms with Gasteiger partial charge in [0.2, 0.25) is 5.95 Å². The fourth-order valence-electron chi connectivity index (χ4n) is 7.47. The van der Waals surface area contributed by atoms with Crippen molar-refractivity contribution in [2.24, 2.45) is 0 Å². The molecule has 3 heterocycles. The van der Waals surface area contributed by atoms with Crippen LogP contribution in [0.15, 0.2) is 168 Å². The molecule has 10 aromatic rings. The van der Waals surface area contributed by atoms with Gasteiger partial charge in [-0.15, -0.1) is 0 Å². The van der Waals surface area contributed by atoms with Gasteiger partial charge in [-0.05, 0) is 63.1 Å². The summed E-state index contributed by atoms with van der Waals surface area (Å²) in [6, 6.07) is 57.7. The van der Waals surface area contributed by atoms with Gasteiger partial charge in [0.1, 0.15) is 0 Å². The molecule has 0 amide bonds. The molecule has 7 aromatic carbocycles. The lowest BCUT2D eigenvalue weighted by atomic mass is 10.0. The van der Waals surface area contributed by atoms with Gasteiger partial charge < -0.3 is 4.57 Å². The quantitative estimate of drug-likeness (QED) is 0.184. The molecule has 0 bridgehead atoms. The molecular weight excluding hydrogens is 664 g/mol. The van der Waals surface area contributed by atoms with Crippen LogP contribution in [0.5, 0.6) is 0 Å². The van der Waals surface area contributed by atoms with E-state index in [1.54, 1.807) is 0 Å². The Bertz CT molecular complexity index is 2830. The Balaban J connectivity index is 1.38. The Labute approximate surface area is 290 Å². The molecule has 0 N–H and O–H groups in total. The highest BCUT2D eigenvalue weighted by Gasteiger charge is 2.23. The van der Waals surface area contributed by atoms with Gasteiger partial charge in [0.05, 0.1) is 39.1 Å². The van der Waals surface area contributed by atoms with Crippen LogP contribution in [0.4, 0.5) is 0 Å². The average Bonchev–Trinajstić information content (AvgIpc) is 3.69. The van der Waals surface area contributed by atoms with Crippen molar-refractivity contribution in [3.8, 4) is 34.2 Å². The van der Waals surface area contributed by atoms with Gasteiger partial charge in [-0.2, -0.15) is 0 Å². The third-order valence-electron chi connectivity index (χ3n) is 9.60. The molecule has 3 aromatic heterocycles. The van der Waals surface area contributed by atoms with Crippen molar-refractivity contribution in [1.29, 1.82) is 0 Å². The standard InChI is InChI=1S/C44H27BrN4/c45-34-20-10-12-22-38(34)48-39-25-23-28-13-7-8-18-31(28)41(39)33-24-26-40-42(43(33)48)32-19-9-11-21-37(32)49(40)44-46-35(29-14-3-1-4-15-29)27-36(47-44)30-16-5-2-6-17-30/h1-27H. The van der Waals surface area contributed by atoms with Crippen molar-refractivity contribution in [2.75, 3.05) is 0 Å². The maximum absolute atomic E-state index is 5.27. The van der Waals surface area contributed by atoms with E-state index in [9.17, 15) is 0 Å². The first-order valence-corrected chi connectivity index (χ1v) is 17.2. The van der Waals surface area contributed by atoms with Gasteiger partial charge in [-0.25, -0.2) is 9.97 Å². The zero-order chi connectivity index (χ0) is 32.5. The molecule has 0 atom stereocenters. The van der Waals surface area contributed by atoms with Gasteiger partial charge in [-0.1, -0.05) is 127 Å². The molecule has 0 aliphatic rings. The van der Waals surface area contributed by atoms with E-state index in [-0.39, 0.29) is 0 Å². The van der Waals surface area contributed by atoms with E-state index in [0.717, 1.165) is 54.6 Å². The van der Waals surface area contributed by atoms with Gasteiger partial charge in [0.15, 0.2) is 0 Å². The largest absolute Gasteiger partial charge is 0.307 e. The van der Waals surface area contributed by atoms with Crippen LogP contribution in [0.2, 0.25) is 0 Å². The highest BCUT2D eigenvalue weighted by molar-refractivity contribution is 9.10. The number of hydrogen-bond acceptors (Lipinski definition) is 2. The van der Waals surface area contributed by atoms with E-state index < -0.39 is 0 Å². The summed E-state index contributed by atoms with van der Waals surface area (Å²) in [5.41, 5.74) is 9.39. The minimum Gasteiger partial charge on any atom is -0.307 e. The number of hydrogen-bond donors (Lipinski definition) is 0. The normalized spacial score (nSPS) is 11.8. The van der Waals surface area contributed by atoms with Crippen molar-refractivity contribution in [1.82, 2.24) is 19.1 Å². The lowest BCUT2D eigenvalue weighted by molar-refractivity contribution is 0.996. The predicted octanol–water partition coefficient (Wildman–Crippen LogP) is 11.9. The van der Waals surface area contributed by atoms with E-state index in [4.69, 9.17) is 9.97 Å². The van der Waals surface area contributed by atoms with Crippen LogP contribution in [0, 0.1) is 0 Å². The number of fused-ring (bicyclic) bond motifs is 9. The second-order valence-electron chi connectivity index (χ2n) is 12.3. The molecule has 0 spiro atoms. The Morgan fingerprint density at radius 3 is 1.76 bits per heavy atom. The van der Waals surface area contributed by atoms with Crippen LogP contribution in [0.1, 0.15) is 0 Å². The molecule has 0 aliphatic heterocycles. The zero-order valence-electron chi connectivity index (χ0n) is 26.3. The van der Waals surface area contributed by atoms with E-state index in [1.807, 2.05) is 12.1 Å². The Kier molecular flexibility index (Phi) is 6.30. The summed E-state index contributed by atoms with van der Waals surface area (Å²) in [5.74, 6) is 0.639. The highest BCUT2D eigenvalue weighted by atomic mass is 79.9. The van der Waals surface area contributed by atoms with Crippen molar-refractivity contribution < 1.29 is 0 Å². The Morgan fingerprint density at radius 1 is 0.429 bits per heavy atom. The molecule has 10 rings (SSSR count). The second-order valence-corrected chi connectivity index (χ2v) is 13.2. The number of para-hydroxylation sites is 2. The zero-order valence-corrected chi connectivity index (χ0v) is 27.8. The summed E-state index contributed by atoms with van der Waals surface area (Å²) < 4.78 is 5.70. The van der Waals surface area contributed by atoms with Gasteiger partial charge >= 0.3 is 0 Å². The number of aromatic nitrogens is 4. The SMILES string of the molecule is Brc1ccccc1-n1c2ccc3ccccc3c2c2ccc3c(c4ccccc4n3-c3nc(-c4ccccc4)cc(-c4ccccc4)n3)c21. The third-order valence-corrected chi connectivity index (χ3v) is 10.3. The van der Waals surface area contributed by atoms with E-state index in [0.29, 0.717) is 5.95 Å². The van der Waals surface area contributed by atoms with Crippen LogP contribution >= 0.6 is 15.9 Å². The van der Waals surface area contributed by atoms with Crippen LogP contribution < -0.4 is 0 Å². The fraction of sp³-hybridized carbons (Fsp3) is 0. The summed E-state index contributed by atoms with van der Waals surface area (Å²) in [4.78, 5) is 10.5. The molecule has 0 saturated heterocycles. The molecule has 0 unspecified atom stereocenters. The van der Waals surface area contributed by atoms with Crippen molar-refractivity contribution in [3.05, 3.63) is 168 Å². The summed E-state index contributed by atoms with van der Waals surface area (Å²) >= 11 is 3.91. The molecule has 0 aliphatic carbocycles. The van der Waals surface area contributed by atoms with Gasteiger partial charge in [-0.3, -0.25) is 4.57 Å². The first-order chi connectivity index (χ1) is 24.2. The number of rotatable bonds is 4. The van der Waals surface area contributed by atoms with Crippen LogP contribution in [0.3, 0.4) is 0 Å². The Morgan fingerprint density at radius 2 is 1.02 bits per heavy atom. The molecule has 0 radical (unpaired) electrons. The van der Waals surface area contributed by atoms with Crippen LogP contribution in [-0.4, -0.2) is 19.1 Å². The molecule has 4 nitrogen and oxygen atoms in total. The lowest BCUT2D eigenvalue weighted by Crippen LogP contribution is -2.04. The topological polar surface area (TPSA) is 35.6 Å². The molecule has 49 heavy (non-hydrogen) atoms. The molecule has 0 fully saturated rings. The monoisotopic (exact) mass is 690 g/mol. The molecular formula is C44H27BrN4. The fourth-order valence-corrected chi connectivity index (χ4v) is 7.94. The van der Waals surface area contributed by atoms with Crippen LogP contribution in [0.25, 0.3) is 88.5 Å². The van der Waals surface area contributed by atoms with Crippen molar-refractivity contribution in [2.45, 2.75) is 0 Å². The third kappa shape index (κ3) is 4.29. The van der Waals surface area contributed by atoms with Crippen molar-refractivity contribution in [3.63, 3.8) is 0 Å². The number of nitrogens with zero attached hydrogens (tertiary/aromatic N) is 4. The number of halogens is 1. The van der Waals surface area contributed by atoms with Crippen molar-refractivity contribution >= 4 is 70.3 Å². The predicted molar refractivity (Wildman–Crippen MR) is 207 cm³/mol. The summed E-state index contributed by atoms with van der Waals surface area (Å²) in [5, 5.41) is 7.24. The van der Waals surface area contributed by atoms with E-state index >= 15 is 0 Å². The number of benzene rings is 7. The highest BCUT2D eigenvalue weighted by Crippen LogP contribution is 2.44. The smallest absolute Gasteiger partial charge is 0.235 e. The van der Waals surface area contributed by atoms with Gasteiger partial charge in [0.25, 0.3) is 0 Å². The lowest BCUT2D eigenvalue weighted by Gasteiger charge is -2.12. The average molecular weight is 692 g/mol. The van der Waals surface area contributed by atoms with E-state index in [2.05, 4.69) is 177 Å². The van der Waals surface area contributed by atoms with Crippen LogP contribution in [-0.2, 0) is 0 Å². The first-order valence-electron chi connectivity index (χ1n) is 16.4. The summed E-state index contributed by atoms with van der Waals surface area (Å²) in [6.45, 7) is 0. The molecule has 230 valence electrons.